The third kappa shape index (κ3) is 4.14. The minimum atomic E-state index is 0.190. The van der Waals surface area contributed by atoms with Crippen molar-refractivity contribution in [3.63, 3.8) is 0 Å². The van der Waals surface area contributed by atoms with Gasteiger partial charge in [-0.15, -0.1) is 0 Å². The molecule has 1 aliphatic heterocycles. The fourth-order valence-electron chi connectivity index (χ4n) is 2.94. The number of benzene rings is 1. The minimum Gasteiger partial charge on any atom is -0.299 e. The fourth-order valence-corrected chi connectivity index (χ4v) is 3.34. The molecular weight excluding hydrogens is 316 g/mol. The zero-order chi connectivity index (χ0) is 14.5. The topological polar surface area (TPSA) is 23.6 Å². The molecule has 20 heavy (non-hydrogen) atoms. The van der Waals surface area contributed by atoms with Gasteiger partial charge in [0.1, 0.15) is 0 Å². The van der Waals surface area contributed by atoms with Crippen molar-refractivity contribution in [3.8, 4) is 0 Å². The van der Waals surface area contributed by atoms with Gasteiger partial charge in [0.05, 0.1) is 6.54 Å². The highest BCUT2D eigenvalue weighted by atomic mass is 79.9. The van der Waals surface area contributed by atoms with Gasteiger partial charge in [0.15, 0.2) is 5.78 Å². The number of ketones is 1. The molecule has 0 bridgehead atoms. The third-order valence-corrected chi connectivity index (χ3v) is 4.48. The predicted molar refractivity (Wildman–Crippen MR) is 86.2 cm³/mol. The van der Waals surface area contributed by atoms with Crippen LogP contribution in [0.2, 0.25) is 0 Å². The number of rotatable bonds is 6. The summed E-state index contributed by atoms with van der Waals surface area (Å²) in [5.41, 5.74) is 0.782. The average molecular weight is 339 g/mol. The summed E-state index contributed by atoms with van der Waals surface area (Å²) in [4.78, 5) is 16.9. The normalized spacial score (nSPS) is 19.7. The molecule has 0 aliphatic carbocycles. The van der Waals surface area contributed by atoms with Crippen LogP contribution in [0.5, 0.6) is 0 Å². The summed E-state index contributed by atoms with van der Waals surface area (Å²) in [6, 6.07) is 8.24. The molecule has 0 N–H and O–H groups in total. The molecule has 2 rings (SSSR count). The zero-order valence-corrected chi connectivity index (χ0v) is 13.9. The number of hydrogen-bond donors (Lipinski definition) is 0. The van der Waals surface area contributed by atoms with Gasteiger partial charge >= 0.3 is 0 Å². The Hall–Kier alpha value is -0.710. The van der Waals surface area contributed by atoms with Gasteiger partial charge in [0, 0.05) is 22.6 Å². The summed E-state index contributed by atoms with van der Waals surface area (Å²) >= 11 is 3.41. The van der Waals surface area contributed by atoms with E-state index in [1.165, 1.54) is 19.4 Å². The van der Waals surface area contributed by atoms with E-state index < -0.39 is 0 Å². The van der Waals surface area contributed by atoms with Crippen LogP contribution < -0.4 is 0 Å². The summed E-state index contributed by atoms with van der Waals surface area (Å²) in [5, 5.41) is 0. The van der Waals surface area contributed by atoms with Gasteiger partial charge in [-0.25, -0.2) is 0 Å². The SMILES string of the molecule is CCN1CCCC1CN(C)CC(=O)c1cccc(Br)c1. The van der Waals surface area contributed by atoms with Crippen molar-refractivity contribution in [1.29, 1.82) is 0 Å². The van der Waals surface area contributed by atoms with Gasteiger partial charge in [-0.05, 0) is 45.1 Å². The number of halogens is 1. The van der Waals surface area contributed by atoms with Crippen LogP contribution in [0.25, 0.3) is 0 Å². The van der Waals surface area contributed by atoms with Crippen molar-refractivity contribution in [2.75, 3.05) is 33.2 Å². The number of likely N-dealkylation sites (N-methyl/N-ethyl adjacent to an activating group) is 2. The van der Waals surface area contributed by atoms with E-state index in [9.17, 15) is 4.79 Å². The molecule has 1 aromatic carbocycles. The quantitative estimate of drug-likeness (QED) is 0.745. The van der Waals surface area contributed by atoms with Crippen molar-refractivity contribution < 1.29 is 4.79 Å². The molecular formula is C16H23BrN2O. The van der Waals surface area contributed by atoms with Gasteiger partial charge in [-0.2, -0.15) is 0 Å². The molecule has 110 valence electrons. The van der Waals surface area contributed by atoms with E-state index in [2.05, 4.69) is 32.7 Å². The molecule has 1 aromatic rings. The molecule has 1 atom stereocenters. The second kappa shape index (κ2) is 7.34. The number of carbonyl (C=O) groups is 1. The molecule has 0 radical (unpaired) electrons. The highest BCUT2D eigenvalue weighted by Crippen LogP contribution is 2.17. The molecule has 1 heterocycles. The maximum atomic E-state index is 12.3. The lowest BCUT2D eigenvalue weighted by molar-refractivity contribution is 0.0929. The Kier molecular flexibility index (Phi) is 5.75. The molecule has 4 heteroatoms. The summed E-state index contributed by atoms with van der Waals surface area (Å²) in [7, 11) is 2.04. The Morgan fingerprint density at radius 3 is 3.00 bits per heavy atom. The summed E-state index contributed by atoms with van der Waals surface area (Å²) in [6.45, 7) is 6.00. The first kappa shape index (κ1) is 15.7. The lowest BCUT2D eigenvalue weighted by Crippen LogP contribution is -2.40. The lowest BCUT2D eigenvalue weighted by atomic mass is 10.1. The van der Waals surface area contributed by atoms with Gasteiger partial charge < -0.3 is 0 Å². The van der Waals surface area contributed by atoms with Gasteiger partial charge in [0.25, 0.3) is 0 Å². The smallest absolute Gasteiger partial charge is 0.176 e. The highest BCUT2D eigenvalue weighted by molar-refractivity contribution is 9.10. The van der Waals surface area contributed by atoms with E-state index in [1.54, 1.807) is 0 Å². The van der Waals surface area contributed by atoms with E-state index in [0.29, 0.717) is 12.6 Å². The van der Waals surface area contributed by atoms with E-state index in [0.717, 1.165) is 23.1 Å². The van der Waals surface area contributed by atoms with Crippen LogP contribution in [0.3, 0.4) is 0 Å². The average Bonchev–Trinajstić information content (AvgIpc) is 2.85. The highest BCUT2D eigenvalue weighted by Gasteiger charge is 2.24. The van der Waals surface area contributed by atoms with Crippen LogP contribution in [0.15, 0.2) is 28.7 Å². The molecule has 1 unspecified atom stereocenters. The second-order valence-corrected chi connectivity index (χ2v) is 6.47. The molecule has 3 nitrogen and oxygen atoms in total. The van der Waals surface area contributed by atoms with E-state index in [-0.39, 0.29) is 5.78 Å². The van der Waals surface area contributed by atoms with Crippen LogP contribution in [-0.4, -0.2) is 54.9 Å². The maximum Gasteiger partial charge on any atom is 0.176 e. The van der Waals surface area contributed by atoms with Gasteiger partial charge in [-0.3, -0.25) is 14.6 Å². The van der Waals surface area contributed by atoms with Crippen LogP contribution in [0, 0.1) is 0 Å². The summed E-state index contributed by atoms with van der Waals surface area (Å²) in [6.07, 6.45) is 2.54. The Labute approximate surface area is 130 Å². The van der Waals surface area contributed by atoms with Crippen LogP contribution in [0.1, 0.15) is 30.1 Å². The first-order valence-corrected chi connectivity index (χ1v) is 8.10. The Morgan fingerprint density at radius 1 is 1.50 bits per heavy atom. The van der Waals surface area contributed by atoms with E-state index >= 15 is 0 Å². The first-order valence-electron chi connectivity index (χ1n) is 7.31. The molecule has 1 aliphatic rings. The van der Waals surface area contributed by atoms with Crippen LogP contribution in [-0.2, 0) is 0 Å². The standard InChI is InChI=1S/C16H23BrN2O/c1-3-19-9-5-8-15(19)11-18(2)12-16(20)13-6-4-7-14(17)10-13/h4,6-7,10,15H,3,5,8-9,11-12H2,1-2H3. The number of nitrogens with zero attached hydrogens (tertiary/aromatic N) is 2. The zero-order valence-electron chi connectivity index (χ0n) is 12.3. The van der Waals surface area contributed by atoms with Crippen molar-refractivity contribution in [3.05, 3.63) is 34.3 Å². The van der Waals surface area contributed by atoms with E-state index in [1.807, 2.05) is 31.3 Å². The molecule has 0 amide bonds. The monoisotopic (exact) mass is 338 g/mol. The van der Waals surface area contributed by atoms with Crippen molar-refractivity contribution in [2.45, 2.75) is 25.8 Å². The maximum absolute atomic E-state index is 12.3. The summed E-state index contributed by atoms with van der Waals surface area (Å²) in [5.74, 6) is 0.190. The molecule has 1 saturated heterocycles. The Morgan fingerprint density at radius 2 is 2.30 bits per heavy atom. The third-order valence-electron chi connectivity index (χ3n) is 3.99. The number of carbonyl (C=O) groups excluding carboxylic acids is 1. The van der Waals surface area contributed by atoms with Crippen molar-refractivity contribution in [2.24, 2.45) is 0 Å². The van der Waals surface area contributed by atoms with Crippen molar-refractivity contribution >= 4 is 21.7 Å². The number of Topliss-reactive ketones (excluding diaryl/α,β-unsaturated/α-hetero) is 1. The van der Waals surface area contributed by atoms with Crippen LogP contribution in [0.4, 0.5) is 0 Å². The molecule has 0 spiro atoms. The van der Waals surface area contributed by atoms with Gasteiger partial charge in [0.2, 0.25) is 0 Å². The Bertz CT molecular complexity index is 464. The molecule has 0 aromatic heterocycles. The van der Waals surface area contributed by atoms with Gasteiger partial charge in [-0.1, -0.05) is 35.0 Å². The first-order chi connectivity index (χ1) is 9.60. The van der Waals surface area contributed by atoms with Crippen LogP contribution >= 0.6 is 15.9 Å². The Balaban J connectivity index is 1.88. The minimum absolute atomic E-state index is 0.190. The number of likely N-dealkylation sites (tertiary alicyclic amines) is 1. The predicted octanol–water partition coefficient (Wildman–Crippen LogP) is 3.05. The second-order valence-electron chi connectivity index (χ2n) is 5.55. The largest absolute Gasteiger partial charge is 0.299 e. The number of hydrogen-bond acceptors (Lipinski definition) is 3. The van der Waals surface area contributed by atoms with Crippen molar-refractivity contribution in [1.82, 2.24) is 9.80 Å². The fraction of sp³-hybridized carbons (Fsp3) is 0.562. The molecule has 1 fully saturated rings. The van der Waals surface area contributed by atoms with E-state index in [4.69, 9.17) is 0 Å². The molecule has 0 saturated carbocycles. The summed E-state index contributed by atoms with van der Waals surface area (Å²) < 4.78 is 0.957. The lowest BCUT2D eigenvalue weighted by Gasteiger charge is -2.27.